The lowest BCUT2D eigenvalue weighted by Crippen LogP contribution is -2.08. The molecule has 0 bridgehead atoms. The van der Waals surface area contributed by atoms with Gasteiger partial charge in [0.25, 0.3) is 0 Å². The van der Waals surface area contributed by atoms with Crippen LogP contribution in [0.4, 0.5) is 5.69 Å². The van der Waals surface area contributed by atoms with E-state index in [0.29, 0.717) is 5.02 Å². The monoisotopic (exact) mass is 282 g/mol. The summed E-state index contributed by atoms with van der Waals surface area (Å²) in [5, 5.41) is 6.13. The molecule has 2 rings (SSSR count). The van der Waals surface area contributed by atoms with Gasteiger partial charge in [0.15, 0.2) is 0 Å². The minimum Gasteiger partial charge on any atom is -0.495 e. The summed E-state index contributed by atoms with van der Waals surface area (Å²) in [5.74, 6) is 0.743. The third-order valence-electron chi connectivity index (χ3n) is 2.75. The number of benzene rings is 1. The van der Waals surface area contributed by atoms with Crippen LogP contribution in [-0.2, 0) is 0 Å². The number of methoxy groups -OCH3 is 1. The van der Waals surface area contributed by atoms with E-state index in [2.05, 4.69) is 17.2 Å². The van der Waals surface area contributed by atoms with E-state index < -0.39 is 0 Å². The molecule has 0 aliphatic rings. The molecule has 1 atom stereocenters. The van der Waals surface area contributed by atoms with Gasteiger partial charge in [-0.15, -0.1) is 11.3 Å². The van der Waals surface area contributed by atoms with Crippen molar-refractivity contribution in [2.75, 3.05) is 12.4 Å². The van der Waals surface area contributed by atoms with Crippen molar-refractivity contribution in [1.29, 1.82) is 0 Å². The molecule has 1 aromatic heterocycles. The molecule has 0 saturated carbocycles. The molecule has 3 nitrogen and oxygen atoms in total. The van der Waals surface area contributed by atoms with Gasteiger partial charge >= 0.3 is 0 Å². The van der Waals surface area contributed by atoms with Crippen LogP contribution in [0.1, 0.15) is 24.2 Å². The van der Waals surface area contributed by atoms with Gasteiger partial charge in [0.1, 0.15) is 5.75 Å². The topological polar surface area (TPSA) is 34.1 Å². The molecule has 96 valence electrons. The lowest BCUT2D eigenvalue weighted by molar-refractivity contribution is 0.416. The van der Waals surface area contributed by atoms with Crippen molar-refractivity contribution in [2.24, 2.45) is 0 Å². The summed E-state index contributed by atoms with van der Waals surface area (Å²) in [6, 6.07) is 3.95. The van der Waals surface area contributed by atoms with Crippen molar-refractivity contribution in [3.05, 3.63) is 39.3 Å². The number of hydrogen-bond acceptors (Lipinski definition) is 4. The number of nitrogens with zero attached hydrogens (tertiary/aromatic N) is 1. The normalized spacial score (nSPS) is 12.2. The van der Waals surface area contributed by atoms with Crippen LogP contribution in [0.5, 0.6) is 5.75 Å². The molecule has 1 heterocycles. The molecule has 5 heteroatoms. The Kier molecular flexibility index (Phi) is 4.09. The number of aromatic nitrogens is 1. The number of thiazole rings is 1. The fourth-order valence-electron chi connectivity index (χ4n) is 1.69. The lowest BCUT2D eigenvalue weighted by atomic mass is 10.1. The first kappa shape index (κ1) is 13.2. The summed E-state index contributed by atoms with van der Waals surface area (Å²) >= 11 is 7.67. The zero-order valence-corrected chi connectivity index (χ0v) is 12.1. The van der Waals surface area contributed by atoms with Crippen LogP contribution >= 0.6 is 22.9 Å². The Morgan fingerprint density at radius 1 is 1.44 bits per heavy atom. The summed E-state index contributed by atoms with van der Waals surface area (Å²) in [5.41, 5.74) is 4.80. The van der Waals surface area contributed by atoms with Gasteiger partial charge in [-0.3, -0.25) is 0 Å². The number of hydrogen-bond donors (Lipinski definition) is 1. The van der Waals surface area contributed by atoms with E-state index in [1.54, 1.807) is 18.4 Å². The van der Waals surface area contributed by atoms with E-state index >= 15 is 0 Å². The van der Waals surface area contributed by atoms with Crippen LogP contribution < -0.4 is 10.1 Å². The number of aryl methyl sites for hydroxylation is 1. The quantitative estimate of drug-likeness (QED) is 0.908. The Morgan fingerprint density at radius 3 is 2.83 bits per heavy atom. The minimum atomic E-state index is 0.130. The average Bonchev–Trinajstić information content (AvgIpc) is 2.87. The van der Waals surface area contributed by atoms with Gasteiger partial charge in [-0.2, -0.15) is 0 Å². The van der Waals surface area contributed by atoms with Gasteiger partial charge in [0, 0.05) is 16.5 Å². The van der Waals surface area contributed by atoms with Gasteiger partial charge < -0.3 is 10.1 Å². The zero-order valence-electron chi connectivity index (χ0n) is 10.5. The van der Waals surface area contributed by atoms with Crippen molar-refractivity contribution in [2.45, 2.75) is 19.9 Å². The number of ether oxygens (including phenoxy) is 1. The van der Waals surface area contributed by atoms with Crippen LogP contribution in [0, 0.1) is 6.92 Å². The second kappa shape index (κ2) is 5.59. The molecule has 0 fully saturated rings. The smallest absolute Gasteiger partial charge is 0.143 e. The number of rotatable bonds is 4. The molecule has 0 radical (unpaired) electrons. The Balaban J connectivity index is 2.25. The van der Waals surface area contributed by atoms with Gasteiger partial charge in [0.05, 0.1) is 30.0 Å². The average molecular weight is 283 g/mol. The maximum Gasteiger partial charge on any atom is 0.143 e. The van der Waals surface area contributed by atoms with E-state index in [-0.39, 0.29) is 6.04 Å². The molecule has 0 spiro atoms. The van der Waals surface area contributed by atoms with Crippen LogP contribution in [0.25, 0.3) is 0 Å². The standard InChI is InChI=1S/C13H15ClN2OS/c1-8-4-11(13(17-3)5-10(8)14)16-9(2)12-6-18-7-15-12/h4-7,9,16H,1-3H3. The Labute approximate surface area is 116 Å². The lowest BCUT2D eigenvalue weighted by Gasteiger charge is -2.17. The largest absolute Gasteiger partial charge is 0.495 e. The van der Waals surface area contributed by atoms with Gasteiger partial charge in [-0.05, 0) is 25.5 Å². The number of halogens is 1. The highest BCUT2D eigenvalue weighted by Gasteiger charge is 2.12. The number of anilines is 1. The van der Waals surface area contributed by atoms with Crippen LogP contribution in [0.15, 0.2) is 23.0 Å². The second-order valence-corrected chi connectivity index (χ2v) is 5.21. The SMILES string of the molecule is COc1cc(Cl)c(C)cc1NC(C)c1cscn1. The Hall–Kier alpha value is -1.26. The fourth-order valence-corrected chi connectivity index (χ4v) is 2.49. The van der Waals surface area contributed by atoms with E-state index in [4.69, 9.17) is 16.3 Å². The maximum atomic E-state index is 6.08. The molecule has 0 amide bonds. The molecule has 2 aromatic rings. The Morgan fingerprint density at radius 2 is 2.22 bits per heavy atom. The second-order valence-electron chi connectivity index (χ2n) is 4.08. The first-order chi connectivity index (χ1) is 8.61. The predicted molar refractivity (Wildman–Crippen MR) is 76.9 cm³/mol. The molecule has 1 unspecified atom stereocenters. The van der Waals surface area contributed by atoms with Crippen LogP contribution in [0.2, 0.25) is 5.02 Å². The van der Waals surface area contributed by atoms with Gasteiger partial charge in [0.2, 0.25) is 0 Å². The minimum absolute atomic E-state index is 0.130. The van der Waals surface area contributed by atoms with Crippen LogP contribution in [-0.4, -0.2) is 12.1 Å². The van der Waals surface area contributed by atoms with E-state index in [1.807, 2.05) is 29.9 Å². The van der Waals surface area contributed by atoms with Crippen molar-refractivity contribution >= 4 is 28.6 Å². The molecule has 0 aliphatic carbocycles. The summed E-state index contributed by atoms with van der Waals surface area (Å²) in [6.45, 7) is 4.04. The van der Waals surface area contributed by atoms with E-state index in [0.717, 1.165) is 22.7 Å². The van der Waals surface area contributed by atoms with Crippen molar-refractivity contribution < 1.29 is 4.74 Å². The first-order valence-electron chi connectivity index (χ1n) is 5.60. The highest BCUT2D eigenvalue weighted by Crippen LogP contribution is 2.33. The number of nitrogens with one attached hydrogen (secondary N) is 1. The molecule has 1 N–H and O–H groups in total. The van der Waals surface area contributed by atoms with Crippen molar-refractivity contribution in [3.63, 3.8) is 0 Å². The molecular formula is C13H15ClN2OS. The highest BCUT2D eigenvalue weighted by molar-refractivity contribution is 7.07. The predicted octanol–water partition coefficient (Wildman–Crippen LogP) is 4.29. The highest BCUT2D eigenvalue weighted by atomic mass is 35.5. The summed E-state index contributed by atoms with van der Waals surface area (Å²) in [4.78, 5) is 4.30. The Bertz CT molecular complexity index is 528. The summed E-state index contributed by atoms with van der Waals surface area (Å²) in [7, 11) is 1.64. The fraction of sp³-hybridized carbons (Fsp3) is 0.308. The van der Waals surface area contributed by atoms with Crippen LogP contribution in [0.3, 0.4) is 0 Å². The molecule has 18 heavy (non-hydrogen) atoms. The summed E-state index contributed by atoms with van der Waals surface area (Å²) in [6.07, 6.45) is 0. The van der Waals surface area contributed by atoms with E-state index in [1.165, 1.54) is 0 Å². The molecule has 0 aliphatic heterocycles. The third kappa shape index (κ3) is 2.76. The van der Waals surface area contributed by atoms with Crippen molar-refractivity contribution in [3.8, 4) is 5.75 Å². The van der Waals surface area contributed by atoms with Crippen molar-refractivity contribution in [1.82, 2.24) is 4.98 Å². The third-order valence-corrected chi connectivity index (χ3v) is 3.76. The first-order valence-corrected chi connectivity index (χ1v) is 6.92. The van der Waals surface area contributed by atoms with Gasteiger partial charge in [-0.1, -0.05) is 11.6 Å². The zero-order chi connectivity index (χ0) is 13.1. The van der Waals surface area contributed by atoms with Gasteiger partial charge in [-0.25, -0.2) is 4.98 Å². The summed E-state index contributed by atoms with van der Waals surface area (Å²) < 4.78 is 5.33. The molecule has 0 saturated heterocycles. The molecule has 1 aromatic carbocycles. The van der Waals surface area contributed by atoms with E-state index in [9.17, 15) is 0 Å². The maximum absolute atomic E-state index is 6.08. The molecular weight excluding hydrogens is 268 g/mol.